The molecule has 0 fully saturated rings. The molecule has 0 atom stereocenters. The summed E-state index contributed by atoms with van der Waals surface area (Å²) < 4.78 is 74.3. The molecule has 6 aromatic rings. The Bertz CT molecular complexity index is 2040. The Morgan fingerprint density at radius 1 is 0.491 bits per heavy atom. The molecule has 0 saturated heterocycles. The molecule has 0 aliphatic heterocycles. The maximum absolute atomic E-state index is 12.7. The van der Waals surface area contributed by atoms with Crippen LogP contribution in [-0.4, -0.2) is 22.6 Å². The van der Waals surface area contributed by atoms with E-state index in [1.54, 1.807) is 0 Å². The normalized spacial score (nSPS) is 11.3. The van der Waals surface area contributed by atoms with E-state index in [-0.39, 0.29) is 23.4 Å². The second kappa shape index (κ2) is 21.7. The van der Waals surface area contributed by atoms with Crippen molar-refractivity contribution in [3.63, 3.8) is 0 Å². The number of carbonyl (C=O) groups excluding carboxylic acids is 1. The Balaban J connectivity index is 0.000000237. The number of nitrogens with zero attached hydrogens (tertiary/aromatic N) is 1. The molecule has 5 nitrogen and oxygen atoms in total. The van der Waals surface area contributed by atoms with Gasteiger partial charge in [0.2, 0.25) is 0 Å². The number of hydrogen-bond acceptors (Lipinski definition) is 4. The number of carboxylic acid groups (broad SMARTS) is 1. The van der Waals surface area contributed by atoms with E-state index in [1.165, 1.54) is 31.2 Å². The molecule has 0 heterocycles. The third kappa shape index (κ3) is 15.4. The highest BCUT2D eigenvalue weighted by atomic mass is 19.4. The summed E-state index contributed by atoms with van der Waals surface area (Å²) >= 11 is 0. The molecular formula is C46H42F6N2O3. The lowest BCUT2D eigenvalue weighted by atomic mass is 9.98. The van der Waals surface area contributed by atoms with Gasteiger partial charge in [-0.3, -0.25) is 14.6 Å². The van der Waals surface area contributed by atoms with E-state index in [0.29, 0.717) is 11.3 Å². The fraction of sp³-hybridized carbons (Fsp3) is 0.152. The van der Waals surface area contributed by atoms with Gasteiger partial charge in [0.05, 0.1) is 17.2 Å². The molecule has 6 rings (SSSR count). The fourth-order valence-electron chi connectivity index (χ4n) is 5.19. The van der Waals surface area contributed by atoms with Gasteiger partial charge < -0.3 is 10.8 Å². The van der Waals surface area contributed by atoms with Crippen LogP contribution in [-0.2, 0) is 17.1 Å². The van der Waals surface area contributed by atoms with E-state index < -0.39 is 29.4 Å². The van der Waals surface area contributed by atoms with Gasteiger partial charge in [-0.15, -0.1) is 0 Å². The highest BCUT2D eigenvalue weighted by Gasteiger charge is 2.30. The van der Waals surface area contributed by atoms with Gasteiger partial charge in [-0.25, -0.2) is 0 Å². The van der Waals surface area contributed by atoms with E-state index in [1.807, 2.05) is 104 Å². The Hall–Kier alpha value is -6.33. The van der Waals surface area contributed by atoms with Crippen molar-refractivity contribution in [2.75, 3.05) is 0 Å². The molecule has 3 N–H and O–H groups in total. The minimum absolute atomic E-state index is 0.0163. The van der Waals surface area contributed by atoms with Crippen LogP contribution in [0, 0.1) is 0 Å². The van der Waals surface area contributed by atoms with Crippen molar-refractivity contribution >= 4 is 17.5 Å². The number of aliphatic imine (C=N–C) groups is 1. The van der Waals surface area contributed by atoms with Gasteiger partial charge in [0.15, 0.2) is 5.78 Å². The highest BCUT2D eigenvalue weighted by molar-refractivity contribution is 5.99. The predicted molar refractivity (Wildman–Crippen MR) is 212 cm³/mol. The van der Waals surface area contributed by atoms with Crippen LogP contribution in [0.3, 0.4) is 0 Å². The lowest BCUT2D eigenvalue weighted by molar-refractivity contribution is -0.138. The number of carbonyl (C=O) groups is 2. The number of ketones is 1. The summed E-state index contributed by atoms with van der Waals surface area (Å²) in [4.78, 5) is 24.5. The van der Waals surface area contributed by atoms with Crippen molar-refractivity contribution in [3.05, 3.63) is 214 Å². The number of hydrogen-bond donors (Lipinski definition) is 2. The predicted octanol–water partition coefficient (Wildman–Crippen LogP) is 12.0. The number of rotatable bonds is 7. The molecule has 0 spiro atoms. The van der Waals surface area contributed by atoms with Gasteiger partial charge in [-0.1, -0.05) is 146 Å². The SMILES string of the molecule is CC(=NC(c1ccccc1)c1ccccc1)c1ccc(C(F)(F)F)cc1.CC(=O)O.CC(=O)c1ccc(C(F)(F)F)cc1.NC(c1ccccc1)c1ccccc1. The molecule has 296 valence electrons. The maximum atomic E-state index is 12.7. The minimum Gasteiger partial charge on any atom is -0.481 e. The molecule has 0 aromatic heterocycles. The molecule has 0 bridgehead atoms. The van der Waals surface area contributed by atoms with E-state index in [2.05, 4.69) is 24.3 Å². The lowest BCUT2D eigenvalue weighted by Crippen LogP contribution is -2.11. The van der Waals surface area contributed by atoms with Crippen LogP contribution in [0.15, 0.2) is 175 Å². The van der Waals surface area contributed by atoms with Crippen LogP contribution < -0.4 is 5.73 Å². The van der Waals surface area contributed by atoms with E-state index >= 15 is 0 Å². The zero-order valence-electron chi connectivity index (χ0n) is 31.4. The standard InChI is InChI=1S/C22H18F3N.C13H13N.C9H7F3O.C2H4O2/c1-16(17-12-14-20(15-13-17)22(23,24)25)26-21(18-8-4-2-5-9-18)19-10-6-3-7-11-19;14-13(11-7-3-1-4-8-11)12-9-5-2-6-10-12;1-6(13)7-2-4-8(5-3-7)9(10,11)12;1-2(3)4/h2-15,21H,1H3;1-10,13H,14H2;2-5H,1H3;1H3,(H,3,4). The molecule has 6 aromatic carbocycles. The molecule has 0 unspecified atom stereocenters. The second-order valence-corrected chi connectivity index (χ2v) is 12.5. The van der Waals surface area contributed by atoms with Gasteiger partial charge in [0.1, 0.15) is 6.04 Å². The Labute approximate surface area is 328 Å². The van der Waals surface area contributed by atoms with Crippen LogP contribution in [0.5, 0.6) is 0 Å². The zero-order valence-corrected chi connectivity index (χ0v) is 31.4. The van der Waals surface area contributed by atoms with Gasteiger partial charge in [0, 0.05) is 18.2 Å². The molecule has 0 aliphatic carbocycles. The van der Waals surface area contributed by atoms with E-state index in [0.717, 1.165) is 53.4 Å². The van der Waals surface area contributed by atoms with E-state index in [4.69, 9.17) is 20.6 Å². The summed E-state index contributed by atoms with van der Waals surface area (Å²) in [6, 6.07) is 49.0. The molecule has 0 aliphatic rings. The van der Waals surface area contributed by atoms with Crippen molar-refractivity contribution < 1.29 is 41.0 Å². The maximum Gasteiger partial charge on any atom is 0.416 e. The Morgan fingerprint density at radius 2 is 0.772 bits per heavy atom. The minimum atomic E-state index is -4.34. The average Bonchev–Trinajstić information content (AvgIpc) is 3.20. The third-order valence-electron chi connectivity index (χ3n) is 8.12. The first-order chi connectivity index (χ1) is 27.0. The van der Waals surface area contributed by atoms with Crippen molar-refractivity contribution in [2.45, 2.75) is 45.2 Å². The first-order valence-electron chi connectivity index (χ1n) is 17.5. The molecule has 0 saturated carbocycles. The number of carboxylic acids is 1. The summed E-state index contributed by atoms with van der Waals surface area (Å²) in [5.41, 5.74) is 10.7. The van der Waals surface area contributed by atoms with Crippen molar-refractivity contribution in [2.24, 2.45) is 10.7 Å². The largest absolute Gasteiger partial charge is 0.481 e. The monoisotopic (exact) mass is 784 g/mol. The van der Waals surface area contributed by atoms with Crippen molar-refractivity contribution in [1.29, 1.82) is 0 Å². The van der Waals surface area contributed by atoms with Gasteiger partial charge in [0.25, 0.3) is 5.97 Å². The quantitative estimate of drug-likeness (QED) is 0.0958. The number of Topliss-reactive ketones (excluding diaryl/α,β-unsaturated/α-hetero) is 1. The molecule has 11 heteroatoms. The smallest absolute Gasteiger partial charge is 0.416 e. The first-order valence-corrected chi connectivity index (χ1v) is 17.5. The molecule has 0 radical (unpaired) electrons. The Morgan fingerprint density at radius 3 is 1.05 bits per heavy atom. The third-order valence-corrected chi connectivity index (χ3v) is 8.12. The highest BCUT2D eigenvalue weighted by Crippen LogP contribution is 2.31. The zero-order chi connectivity index (χ0) is 42.0. The number of aliphatic carboxylic acids is 1. The lowest BCUT2D eigenvalue weighted by Gasteiger charge is -2.15. The van der Waals surface area contributed by atoms with Crippen LogP contribution >= 0.6 is 0 Å². The average molecular weight is 785 g/mol. The summed E-state index contributed by atoms with van der Waals surface area (Å²) in [6.45, 7) is 4.21. The van der Waals surface area contributed by atoms with Gasteiger partial charge >= 0.3 is 12.4 Å². The number of nitrogens with two attached hydrogens (primary N) is 1. The second-order valence-electron chi connectivity index (χ2n) is 12.5. The first kappa shape index (κ1) is 45.1. The van der Waals surface area contributed by atoms with Crippen molar-refractivity contribution in [1.82, 2.24) is 0 Å². The fourth-order valence-corrected chi connectivity index (χ4v) is 5.19. The molecule has 57 heavy (non-hydrogen) atoms. The Kier molecular flexibility index (Phi) is 17.1. The summed E-state index contributed by atoms with van der Waals surface area (Å²) in [5.74, 6) is -1.08. The number of benzene rings is 6. The topological polar surface area (TPSA) is 92.7 Å². The van der Waals surface area contributed by atoms with Crippen LogP contribution in [0.2, 0.25) is 0 Å². The van der Waals surface area contributed by atoms with Gasteiger partial charge in [-0.2, -0.15) is 26.3 Å². The summed E-state index contributed by atoms with van der Waals surface area (Å²) in [5, 5.41) is 7.42. The summed E-state index contributed by atoms with van der Waals surface area (Å²) in [6.07, 6.45) is -8.67. The van der Waals surface area contributed by atoms with E-state index in [9.17, 15) is 31.1 Å². The van der Waals surface area contributed by atoms with Crippen molar-refractivity contribution in [3.8, 4) is 0 Å². The number of halogens is 6. The van der Waals surface area contributed by atoms with Crippen LogP contribution in [0.25, 0.3) is 0 Å². The molecular weight excluding hydrogens is 743 g/mol. The summed E-state index contributed by atoms with van der Waals surface area (Å²) in [7, 11) is 0. The van der Waals surface area contributed by atoms with Crippen LogP contribution in [0.4, 0.5) is 26.3 Å². The van der Waals surface area contributed by atoms with Crippen LogP contribution in [0.1, 0.15) is 82.2 Å². The van der Waals surface area contributed by atoms with Gasteiger partial charge in [-0.05, 0) is 65.9 Å². The molecule has 0 amide bonds. The number of alkyl halides is 6.